The van der Waals surface area contributed by atoms with Crippen LogP contribution in [0, 0.1) is 0 Å². The Labute approximate surface area is 115 Å². The molecule has 0 spiro atoms. The van der Waals surface area contributed by atoms with E-state index in [9.17, 15) is 9.90 Å². The third-order valence-corrected chi connectivity index (χ3v) is 4.06. The molecule has 2 unspecified atom stereocenters. The number of hydrogen-bond donors (Lipinski definition) is 1. The van der Waals surface area contributed by atoms with Crippen LogP contribution in [0.15, 0.2) is 30.3 Å². The minimum absolute atomic E-state index is 0.00630. The number of likely N-dealkylation sites (tertiary alicyclic amines) is 1. The van der Waals surface area contributed by atoms with Crippen LogP contribution in [0.25, 0.3) is 0 Å². The number of carboxylic acid groups (broad SMARTS) is 1. The van der Waals surface area contributed by atoms with Crippen LogP contribution >= 0.6 is 0 Å². The molecule has 0 aromatic heterocycles. The summed E-state index contributed by atoms with van der Waals surface area (Å²) in [4.78, 5) is 13.6. The van der Waals surface area contributed by atoms with Crippen molar-refractivity contribution in [2.45, 2.75) is 51.1 Å². The van der Waals surface area contributed by atoms with Gasteiger partial charge in [-0.25, -0.2) is 0 Å². The average molecular weight is 261 g/mol. The summed E-state index contributed by atoms with van der Waals surface area (Å²) in [6, 6.07) is 10.5. The van der Waals surface area contributed by atoms with Gasteiger partial charge in [0.25, 0.3) is 0 Å². The highest BCUT2D eigenvalue weighted by molar-refractivity contribution is 5.68. The topological polar surface area (TPSA) is 40.5 Å². The van der Waals surface area contributed by atoms with Gasteiger partial charge in [-0.3, -0.25) is 9.69 Å². The van der Waals surface area contributed by atoms with E-state index in [1.54, 1.807) is 0 Å². The molecule has 1 N–H and O–H groups in total. The molecule has 1 fully saturated rings. The van der Waals surface area contributed by atoms with E-state index in [0.717, 1.165) is 12.1 Å². The summed E-state index contributed by atoms with van der Waals surface area (Å²) in [5.74, 6) is -0.717. The third-order valence-electron chi connectivity index (χ3n) is 4.06. The lowest BCUT2D eigenvalue weighted by atomic mass is 9.99. The summed E-state index contributed by atoms with van der Waals surface area (Å²) >= 11 is 0. The molecule has 1 heterocycles. The Kier molecular flexibility index (Phi) is 4.97. The van der Waals surface area contributed by atoms with Gasteiger partial charge in [-0.2, -0.15) is 0 Å². The Balaban J connectivity index is 2.23. The number of aliphatic carboxylic acids is 1. The zero-order valence-corrected chi connectivity index (χ0v) is 11.6. The first-order chi connectivity index (χ1) is 9.18. The summed E-state index contributed by atoms with van der Waals surface area (Å²) < 4.78 is 0. The molecule has 2 atom stereocenters. The fourth-order valence-corrected chi connectivity index (χ4v) is 3.03. The van der Waals surface area contributed by atoms with Gasteiger partial charge in [-0.15, -0.1) is 0 Å². The van der Waals surface area contributed by atoms with Crippen molar-refractivity contribution >= 4 is 5.97 Å². The number of carbonyl (C=O) groups is 1. The molecule has 1 aliphatic heterocycles. The molecule has 3 heteroatoms. The van der Waals surface area contributed by atoms with Crippen molar-refractivity contribution < 1.29 is 9.90 Å². The third kappa shape index (κ3) is 3.80. The van der Waals surface area contributed by atoms with E-state index in [1.165, 1.54) is 25.7 Å². The Hall–Kier alpha value is -1.35. The Morgan fingerprint density at radius 1 is 1.32 bits per heavy atom. The fraction of sp³-hybridized carbons (Fsp3) is 0.562. The van der Waals surface area contributed by atoms with Crippen LogP contribution in [0.5, 0.6) is 0 Å². The van der Waals surface area contributed by atoms with Crippen LogP contribution in [0.1, 0.15) is 50.6 Å². The monoisotopic (exact) mass is 261 g/mol. The molecule has 0 saturated carbocycles. The maximum atomic E-state index is 11.2. The minimum Gasteiger partial charge on any atom is -0.481 e. The number of benzene rings is 1. The van der Waals surface area contributed by atoms with Crippen LogP contribution < -0.4 is 0 Å². The lowest BCUT2D eigenvalue weighted by Crippen LogP contribution is -2.37. The molecule has 2 rings (SSSR count). The highest BCUT2D eigenvalue weighted by atomic mass is 16.4. The summed E-state index contributed by atoms with van der Waals surface area (Å²) in [6.45, 7) is 3.23. The SMILES string of the molecule is CC1CCCCCN1C(CC(=O)O)c1ccccc1. The normalized spacial score (nSPS) is 22.7. The number of nitrogens with zero attached hydrogens (tertiary/aromatic N) is 1. The van der Waals surface area contributed by atoms with Gasteiger partial charge in [0.15, 0.2) is 0 Å². The van der Waals surface area contributed by atoms with E-state index in [4.69, 9.17) is 0 Å². The number of carboxylic acids is 1. The quantitative estimate of drug-likeness (QED) is 0.902. The second-order valence-electron chi connectivity index (χ2n) is 5.46. The molecule has 1 saturated heterocycles. The molecule has 0 amide bonds. The van der Waals surface area contributed by atoms with Gasteiger partial charge in [-0.05, 0) is 31.9 Å². The predicted molar refractivity (Wildman–Crippen MR) is 76.1 cm³/mol. The fourth-order valence-electron chi connectivity index (χ4n) is 3.03. The summed E-state index contributed by atoms with van der Waals surface area (Å²) in [5, 5.41) is 9.21. The van der Waals surface area contributed by atoms with Crippen LogP contribution in [0.4, 0.5) is 0 Å². The summed E-state index contributed by atoms with van der Waals surface area (Å²) in [6.07, 6.45) is 5.05. The standard InChI is InChI=1S/C16H23NO2/c1-13-8-4-3-7-11-17(13)15(12-16(18)19)14-9-5-2-6-10-14/h2,5-6,9-10,13,15H,3-4,7-8,11-12H2,1H3,(H,18,19). The lowest BCUT2D eigenvalue weighted by Gasteiger charge is -2.35. The van der Waals surface area contributed by atoms with Crippen molar-refractivity contribution in [3.63, 3.8) is 0 Å². The van der Waals surface area contributed by atoms with Crippen LogP contribution in [-0.2, 0) is 4.79 Å². The van der Waals surface area contributed by atoms with Crippen molar-refractivity contribution in [1.82, 2.24) is 4.90 Å². The summed E-state index contributed by atoms with van der Waals surface area (Å²) in [5.41, 5.74) is 1.12. The molecule has 3 nitrogen and oxygen atoms in total. The first-order valence-electron chi connectivity index (χ1n) is 7.21. The Morgan fingerprint density at radius 3 is 2.74 bits per heavy atom. The predicted octanol–water partition coefficient (Wildman–Crippen LogP) is 3.47. The second kappa shape index (κ2) is 6.71. The highest BCUT2D eigenvalue weighted by Gasteiger charge is 2.27. The molecule has 0 radical (unpaired) electrons. The van der Waals surface area contributed by atoms with E-state index in [1.807, 2.05) is 30.3 Å². The van der Waals surface area contributed by atoms with Crippen molar-refractivity contribution in [1.29, 1.82) is 0 Å². The van der Waals surface area contributed by atoms with Gasteiger partial charge in [0.1, 0.15) is 0 Å². The van der Waals surface area contributed by atoms with Gasteiger partial charge in [0.2, 0.25) is 0 Å². The molecule has 0 aliphatic carbocycles. The molecule has 1 aromatic carbocycles. The maximum Gasteiger partial charge on any atom is 0.305 e. The summed E-state index contributed by atoms with van der Waals surface area (Å²) in [7, 11) is 0. The second-order valence-corrected chi connectivity index (χ2v) is 5.46. The first kappa shape index (κ1) is 14.1. The van der Waals surface area contributed by atoms with E-state index in [0.29, 0.717) is 6.04 Å². The van der Waals surface area contributed by atoms with E-state index in [2.05, 4.69) is 11.8 Å². The van der Waals surface area contributed by atoms with Crippen molar-refractivity contribution in [3.8, 4) is 0 Å². The largest absolute Gasteiger partial charge is 0.481 e. The van der Waals surface area contributed by atoms with Crippen LogP contribution in [0.2, 0.25) is 0 Å². The molecule has 19 heavy (non-hydrogen) atoms. The van der Waals surface area contributed by atoms with Crippen molar-refractivity contribution in [2.75, 3.05) is 6.54 Å². The van der Waals surface area contributed by atoms with Gasteiger partial charge in [-0.1, -0.05) is 43.2 Å². The van der Waals surface area contributed by atoms with Crippen molar-refractivity contribution in [3.05, 3.63) is 35.9 Å². The zero-order valence-electron chi connectivity index (χ0n) is 11.6. The van der Waals surface area contributed by atoms with E-state index in [-0.39, 0.29) is 12.5 Å². The average Bonchev–Trinajstić information content (AvgIpc) is 2.62. The van der Waals surface area contributed by atoms with Gasteiger partial charge < -0.3 is 5.11 Å². The smallest absolute Gasteiger partial charge is 0.305 e. The van der Waals surface area contributed by atoms with Gasteiger partial charge in [0.05, 0.1) is 6.42 Å². The van der Waals surface area contributed by atoms with E-state index < -0.39 is 5.97 Å². The lowest BCUT2D eigenvalue weighted by molar-refractivity contribution is -0.138. The molecule has 104 valence electrons. The molecule has 0 bridgehead atoms. The molecule has 1 aromatic rings. The minimum atomic E-state index is -0.717. The van der Waals surface area contributed by atoms with Crippen molar-refractivity contribution in [2.24, 2.45) is 0 Å². The zero-order chi connectivity index (χ0) is 13.7. The molecule has 1 aliphatic rings. The first-order valence-corrected chi connectivity index (χ1v) is 7.21. The van der Waals surface area contributed by atoms with Gasteiger partial charge >= 0.3 is 5.97 Å². The highest BCUT2D eigenvalue weighted by Crippen LogP contribution is 2.30. The maximum absolute atomic E-state index is 11.2. The van der Waals surface area contributed by atoms with Crippen LogP contribution in [-0.4, -0.2) is 28.6 Å². The van der Waals surface area contributed by atoms with E-state index >= 15 is 0 Å². The molecular formula is C16H23NO2. The Morgan fingerprint density at radius 2 is 2.05 bits per heavy atom. The number of rotatable bonds is 4. The van der Waals surface area contributed by atoms with Gasteiger partial charge in [0, 0.05) is 12.1 Å². The van der Waals surface area contributed by atoms with Crippen LogP contribution in [0.3, 0.4) is 0 Å². The Bertz CT molecular complexity index is 404. The number of hydrogen-bond acceptors (Lipinski definition) is 2. The molecular weight excluding hydrogens is 238 g/mol.